The highest BCUT2D eigenvalue weighted by atomic mass is 32.2. The molecule has 4 atom stereocenters. The lowest BCUT2D eigenvalue weighted by molar-refractivity contribution is 0.0683. The summed E-state index contributed by atoms with van der Waals surface area (Å²) in [5, 5.41) is 0.987. The Morgan fingerprint density at radius 1 is 0.600 bits per heavy atom. The van der Waals surface area contributed by atoms with Crippen LogP contribution >= 0.6 is 23.5 Å². The van der Waals surface area contributed by atoms with E-state index in [2.05, 4.69) is 12.5 Å². The molecule has 2 aliphatic heterocycles. The van der Waals surface area contributed by atoms with Crippen LogP contribution < -0.4 is 0 Å². The van der Waals surface area contributed by atoms with E-state index in [9.17, 15) is 18.4 Å². The maximum absolute atomic E-state index is 13.3. The summed E-state index contributed by atoms with van der Waals surface area (Å²) in [4.78, 5) is 28.8. The lowest BCUT2D eigenvalue weighted by Crippen LogP contribution is -2.42. The van der Waals surface area contributed by atoms with Gasteiger partial charge in [-0.15, -0.1) is 0 Å². The van der Waals surface area contributed by atoms with Crippen molar-refractivity contribution in [1.29, 1.82) is 0 Å². The second-order valence-corrected chi connectivity index (χ2v) is 14.6. The van der Waals surface area contributed by atoms with E-state index in [1.807, 2.05) is 84.2 Å². The molecule has 0 bridgehead atoms. The first kappa shape index (κ1) is 37.2. The smallest absolute Gasteiger partial charge is 0.410 e. The van der Waals surface area contributed by atoms with Crippen LogP contribution in [0.15, 0.2) is 109 Å². The Morgan fingerprint density at radius 3 is 1.30 bits per heavy atom. The first-order valence-corrected chi connectivity index (χ1v) is 19.4. The van der Waals surface area contributed by atoms with Crippen LogP contribution in [0.25, 0.3) is 0 Å². The summed E-state index contributed by atoms with van der Waals surface area (Å²) in [6.07, 6.45) is 7.17. The molecule has 2 aliphatic rings. The van der Waals surface area contributed by atoms with Crippen LogP contribution in [0.2, 0.25) is 0 Å². The standard InChI is InChI=1S/2C20H22FNO2S/c2*1-25-18-11-12-22(19(13-18)16-7-9-17(21)10-8-16)20(23)24-14-15-5-3-2-4-6-15/h2*2-10,18-19H,11-14H2,1H3/t18-,19+;18-,19-/m10/s1. The lowest BCUT2D eigenvalue weighted by atomic mass is 9.95. The van der Waals surface area contributed by atoms with Gasteiger partial charge < -0.3 is 19.3 Å². The van der Waals surface area contributed by atoms with Gasteiger partial charge in [0.25, 0.3) is 0 Å². The molecule has 6 rings (SSSR count). The Labute approximate surface area is 302 Å². The number of halogens is 2. The SMILES string of the molecule is CS[C@@H]1CCN(C(=O)OCc2ccccc2)[C@H](c2ccc(F)cc2)C1.CS[C@H]1CCN(C(=O)OCc2ccccc2)[C@H](c2ccc(F)cc2)C1. The largest absolute Gasteiger partial charge is 0.445 e. The van der Waals surface area contributed by atoms with E-state index in [-0.39, 0.29) is 49.1 Å². The zero-order valence-corrected chi connectivity index (χ0v) is 30.1. The number of rotatable bonds is 8. The van der Waals surface area contributed by atoms with E-state index in [0.29, 0.717) is 23.6 Å². The van der Waals surface area contributed by atoms with Gasteiger partial charge in [-0.1, -0.05) is 84.9 Å². The minimum absolute atomic E-state index is 0.0740. The minimum Gasteiger partial charge on any atom is -0.445 e. The topological polar surface area (TPSA) is 59.1 Å². The molecule has 0 radical (unpaired) electrons. The maximum Gasteiger partial charge on any atom is 0.410 e. The molecule has 264 valence electrons. The van der Waals surface area contributed by atoms with Crippen molar-refractivity contribution in [3.8, 4) is 0 Å². The highest BCUT2D eigenvalue weighted by Gasteiger charge is 2.34. The maximum atomic E-state index is 13.3. The van der Waals surface area contributed by atoms with Gasteiger partial charge in [-0.25, -0.2) is 18.4 Å². The summed E-state index contributed by atoms with van der Waals surface area (Å²) in [5.41, 5.74) is 3.84. The summed E-state index contributed by atoms with van der Waals surface area (Å²) in [6.45, 7) is 1.83. The molecule has 2 saturated heterocycles. The number of carbonyl (C=O) groups excluding carboxylic acids is 2. The normalized spacial score (nSPS) is 20.3. The number of likely N-dealkylation sites (tertiary alicyclic amines) is 2. The number of hydrogen-bond acceptors (Lipinski definition) is 6. The third-order valence-corrected chi connectivity index (χ3v) is 11.4. The highest BCUT2D eigenvalue weighted by molar-refractivity contribution is 7.99. The first-order chi connectivity index (χ1) is 24.3. The fourth-order valence-electron chi connectivity index (χ4n) is 6.34. The van der Waals surface area contributed by atoms with E-state index in [1.54, 1.807) is 34.1 Å². The summed E-state index contributed by atoms with van der Waals surface area (Å²) in [6, 6.07) is 32.0. The zero-order valence-electron chi connectivity index (χ0n) is 28.5. The summed E-state index contributed by atoms with van der Waals surface area (Å²) in [7, 11) is 0. The van der Waals surface area contributed by atoms with Gasteiger partial charge in [0.1, 0.15) is 24.8 Å². The number of amides is 2. The molecule has 0 aromatic heterocycles. The molecule has 6 nitrogen and oxygen atoms in total. The second-order valence-electron chi connectivity index (χ2n) is 12.4. The number of thioether (sulfide) groups is 2. The molecule has 50 heavy (non-hydrogen) atoms. The molecule has 0 unspecified atom stereocenters. The van der Waals surface area contributed by atoms with Gasteiger partial charge in [0, 0.05) is 23.6 Å². The van der Waals surface area contributed by atoms with Crippen molar-refractivity contribution >= 4 is 35.7 Å². The van der Waals surface area contributed by atoms with Gasteiger partial charge in [0.2, 0.25) is 0 Å². The molecule has 4 aromatic rings. The van der Waals surface area contributed by atoms with Gasteiger partial charge in [-0.05, 0) is 84.7 Å². The molecule has 0 spiro atoms. The van der Waals surface area contributed by atoms with E-state index in [0.717, 1.165) is 47.9 Å². The van der Waals surface area contributed by atoms with Gasteiger partial charge in [-0.2, -0.15) is 23.5 Å². The molecule has 2 heterocycles. The van der Waals surface area contributed by atoms with Gasteiger partial charge in [-0.3, -0.25) is 0 Å². The fraction of sp³-hybridized carbons (Fsp3) is 0.350. The third-order valence-electron chi connectivity index (χ3n) is 9.16. The van der Waals surface area contributed by atoms with Crippen LogP contribution in [0.3, 0.4) is 0 Å². The van der Waals surface area contributed by atoms with E-state index in [1.165, 1.54) is 24.3 Å². The fourth-order valence-corrected chi connectivity index (χ4v) is 7.77. The van der Waals surface area contributed by atoms with Crippen molar-refractivity contribution in [2.45, 2.75) is 61.5 Å². The second kappa shape index (κ2) is 18.8. The highest BCUT2D eigenvalue weighted by Crippen LogP contribution is 2.37. The molecule has 0 saturated carbocycles. The zero-order chi connectivity index (χ0) is 35.3. The van der Waals surface area contributed by atoms with Crippen molar-refractivity contribution in [2.75, 3.05) is 25.6 Å². The van der Waals surface area contributed by atoms with Crippen LogP contribution in [0.1, 0.15) is 60.0 Å². The van der Waals surface area contributed by atoms with Crippen LogP contribution in [0.4, 0.5) is 18.4 Å². The van der Waals surface area contributed by atoms with Gasteiger partial charge >= 0.3 is 12.2 Å². The minimum atomic E-state index is -0.308. The number of hydrogen-bond donors (Lipinski definition) is 0. The predicted molar refractivity (Wildman–Crippen MR) is 198 cm³/mol. The Morgan fingerprint density at radius 2 is 0.960 bits per heavy atom. The monoisotopic (exact) mass is 718 g/mol. The van der Waals surface area contributed by atoms with Crippen molar-refractivity contribution < 1.29 is 27.8 Å². The molecular weight excluding hydrogens is 675 g/mol. The summed E-state index contributed by atoms with van der Waals surface area (Å²) in [5.74, 6) is -0.529. The van der Waals surface area contributed by atoms with Crippen LogP contribution in [-0.2, 0) is 22.7 Å². The first-order valence-electron chi connectivity index (χ1n) is 16.9. The van der Waals surface area contributed by atoms with Crippen molar-refractivity contribution in [1.82, 2.24) is 9.80 Å². The van der Waals surface area contributed by atoms with E-state index < -0.39 is 0 Å². The summed E-state index contributed by atoms with van der Waals surface area (Å²) >= 11 is 3.64. The average molecular weight is 719 g/mol. The van der Waals surface area contributed by atoms with Crippen molar-refractivity contribution in [3.63, 3.8) is 0 Å². The molecule has 2 amide bonds. The Kier molecular flexibility index (Phi) is 14.0. The third kappa shape index (κ3) is 10.5. The average Bonchev–Trinajstić information content (AvgIpc) is 3.17. The van der Waals surface area contributed by atoms with Crippen molar-refractivity contribution in [2.24, 2.45) is 0 Å². The Bertz CT molecular complexity index is 1510. The van der Waals surface area contributed by atoms with Crippen LogP contribution in [-0.4, -0.2) is 58.1 Å². The molecular formula is C40H44F2N2O4S2. The van der Waals surface area contributed by atoms with Crippen LogP contribution in [0, 0.1) is 11.6 Å². The molecule has 10 heteroatoms. The van der Waals surface area contributed by atoms with Gasteiger partial charge in [0.15, 0.2) is 0 Å². The Hall–Kier alpha value is -4.02. The quantitative estimate of drug-likeness (QED) is 0.181. The number of carbonyl (C=O) groups is 2. The van der Waals surface area contributed by atoms with Gasteiger partial charge in [0.05, 0.1) is 12.1 Å². The Balaban J connectivity index is 0.000000194. The number of nitrogens with zero attached hydrogens (tertiary/aromatic N) is 2. The molecule has 4 aromatic carbocycles. The lowest BCUT2D eigenvalue weighted by Gasteiger charge is -2.38. The predicted octanol–water partition coefficient (Wildman–Crippen LogP) is 10.1. The van der Waals surface area contributed by atoms with E-state index >= 15 is 0 Å². The van der Waals surface area contributed by atoms with Crippen molar-refractivity contribution in [3.05, 3.63) is 143 Å². The number of ether oxygens (including phenoxy) is 2. The molecule has 2 fully saturated rings. The van der Waals surface area contributed by atoms with E-state index in [4.69, 9.17) is 9.47 Å². The number of benzene rings is 4. The summed E-state index contributed by atoms with van der Waals surface area (Å²) < 4.78 is 37.5. The van der Waals surface area contributed by atoms with Crippen LogP contribution in [0.5, 0.6) is 0 Å². The number of piperidine rings is 2. The molecule has 0 aliphatic carbocycles. The molecule has 0 N–H and O–H groups in total.